The van der Waals surface area contributed by atoms with E-state index in [-0.39, 0.29) is 0 Å². The molecule has 0 fully saturated rings. The van der Waals surface area contributed by atoms with Gasteiger partial charge in [0.05, 0.1) is 14.2 Å². The summed E-state index contributed by atoms with van der Waals surface area (Å²) < 4.78 is 10.6. The van der Waals surface area contributed by atoms with E-state index in [4.69, 9.17) is 15.2 Å². The third-order valence-electron chi connectivity index (χ3n) is 5.14. The van der Waals surface area contributed by atoms with E-state index < -0.39 is 0 Å². The van der Waals surface area contributed by atoms with Crippen LogP contribution in [0.5, 0.6) is 11.5 Å². The monoisotopic (exact) mass is 367 g/mol. The largest absolute Gasteiger partial charge is 0.493 e. The number of fused-ring (bicyclic) bond motifs is 1. The minimum atomic E-state index is 0.473. The highest BCUT2D eigenvalue weighted by molar-refractivity contribution is 5.77. The van der Waals surface area contributed by atoms with E-state index in [2.05, 4.69) is 34.6 Å². The van der Waals surface area contributed by atoms with E-state index in [0.717, 1.165) is 36.6 Å². The van der Waals surface area contributed by atoms with Crippen molar-refractivity contribution in [1.29, 1.82) is 0 Å². The molecule has 1 aliphatic carbocycles. The minimum absolute atomic E-state index is 0.473. The summed E-state index contributed by atoms with van der Waals surface area (Å²) in [6.45, 7) is 1.47. The van der Waals surface area contributed by atoms with Gasteiger partial charge in [-0.15, -0.1) is 0 Å². The lowest BCUT2D eigenvalue weighted by Crippen LogP contribution is -2.33. The maximum absolute atomic E-state index is 6.07. The predicted octanol–water partition coefficient (Wildman–Crippen LogP) is 3.27. The summed E-state index contributed by atoms with van der Waals surface area (Å²) >= 11 is 0. The van der Waals surface area contributed by atoms with Crippen LogP contribution in [0, 0.1) is 0 Å². The van der Waals surface area contributed by atoms with E-state index in [1.165, 1.54) is 30.4 Å². The first-order chi connectivity index (χ1) is 13.2. The molecule has 0 saturated carbocycles. The minimum Gasteiger partial charge on any atom is -0.493 e. The number of nitrogens with zero attached hydrogens (tertiary/aromatic N) is 1. The second-order valence-corrected chi connectivity index (χ2v) is 6.88. The fraction of sp³-hybridized carbons (Fsp3) is 0.409. The summed E-state index contributed by atoms with van der Waals surface area (Å²) in [7, 11) is 3.29. The molecule has 0 bridgehead atoms. The molecule has 0 heterocycles. The van der Waals surface area contributed by atoms with Crippen molar-refractivity contribution < 1.29 is 9.47 Å². The highest BCUT2D eigenvalue weighted by atomic mass is 16.5. The molecule has 1 unspecified atom stereocenters. The highest BCUT2D eigenvalue weighted by Crippen LogP contribution is 2.31. The summed E-state index contributed by atoms with van der Waals surface area (Å²) in [6.07, 6.45) is 4.42. The van der Waals surface area contributed by atoms with Crippen LogP contribution >= 0.6 is 0 Å². The topological polar surface area (TPSA) is 68.9 Å². The van der Waals surface area contributed by atoms with Gasteiger partial charge in [0.15, 0.2) is 17.5 Å². The first-order valence-electron chi connectivity index (χ1n) is 9.53. The van der Waals surface area contributed by atoms with Crippen LogP contribution in [-0.2, 0) is 12.8 Å². The van der Waals surface area contributed by atoms with Crippen molar-refractivity contribution in [2.45, 2.75) is 31.6 Å². The Morgan fingerprint density at radius 3 is 2.78 bits per heavy atom. The standard InChI is InChI=1S/C22H29N3O2/c1-26-20-11-10-16(14-21(20)27-2)12-13-24-22(23)25-15-18-8-5-7-17-6-3-4-9-19(17)18/h3-4,6,9-11,14,18H,5,7-8,12-13,15H2,1-2H3,(H3,23,24,25). The van der Waals surface area contributed by atoms with Gasteiger partial charge < -0.3 is 20.5 Å². The number of guanidine groups is 1. The van der Waals surface area contributed by atoms with Crippen molar-refractivity contribution in [3.05, 3.63) is 59.2 Å². The molecule has 0 aromatic heterocycles. The zero-order valence-corrected chi connectivity index (χ0v) is 16.2. The number of hydrogen-bond acceptors (Lipinski definition) is 3. The maximum atomic E-state index is 6.07. The van der Waals surface area contributed by atoms with E-state index in [9.17, 15) is 0 Å². The van der Waals surface area contributed by atoms with E-state index in [1.807, 2.05) is 18.2 Å². The summed E-state index contributed by atoms with van der Waals surface area (Å²) in [5, 5.41) is 3.22. The van der Waals surface area contributed by atoms with Crippen LogP contribution in [0.25, 0.3) is 0 Å². The van der Waals surface area contributed by atoms with Crippen LogP contribution in [0.3, 0.4) is 0 Å². The highest BCUT2D eigenvalue weighted by Gasteiger charge is 2.19. The number of aryl methyl sites for hydroxylation is 1. The lowest BCUT2D eigenvalue weighted by molar-refractivity contribution is 0.354. The molecule has 2 aromatic rings. The van der Waals surface area contributed by atoms with Crippen LogP contribution in [0.2, 0.25) is 0 Å². The fourth-order valence-electron chi connectivity index (χ4n) is 3.68. The number of methoxy groups -OCH3 is 2. The van der Waals surface area contributed by atoms with Crippen molar-refractivity contribution in [3.8, 4) is 11.5 Å². The van der Waals surface area contributed by atoms with Gasteiger partial charge in [0.2, 0.25) is 0 Å². The molecule has 27 heavy (non-hydrogen) atoms. The van der Waals surface area contributed by atoms with E-state index >= 15 is 0 Å². The first-order valence-corrected chi connectivity index (χ1v) is 9.53. The lowest BCUT2D eigenvalue weighted by atomic mass is 9.83. The molecule has 1 atom stereocenters. The van der Waals surface area contributed by atoms with Crippen molar-refractivity contribution in [2.75, 3.05) is 27.3 Å². The fourth-order valence-corrected chi connectivity index (χ4v) is 3.68. The smallest absolute Gasteiger partial charge is 0.188 e. The zero-order chi connectivity index (χ0) is 19.1. The summed E-state index contributed by atoms with van der Waals surface area (Å²) in [6, 6.07) is 14.7. The Hall–Kier alpha value is -2.69. The first kappa shape index (κ1) is 19.1. The number of hydrogen-bond donors (Lipinski definition) is 2. The number of ether oxygens (including phenoxy) is 2. The summed E-state index contributed by atoms with van der Waals surface area (Å²) in [5.41, 5.74) is 10.1. The van der Waals surface area contributed by atoms with Crippen LogP contribution in [0.4, 0.5) is 0 Å². The number of aliphatic imine (C=N–C) groups is 1. The van der Waals surface area contributed by atoms with E-state index in [1.54, 1.807) is 14.2 Å². The second kappa shape index (κ2) is 9.31. The zero-order valence-electron chi connectivity index (χ0n) is 16.2. The number of nitrogens with one attached hydrogen (secondary N) is 1. The molecule has 0 amide bonds. The van der Waals surface area contributed by atoms with Crippen molar-refractivity contribution in [1.82, 2.24) is 5.32 Å². The molecular weight excluding hydrogens is 338 g/mol. The van der Waals surface area contributed by atoms with Gasteiger partial charge in [-0.2, -0.15) is 0 Å². The Morgan fingerprint density at radius 1 is 1.15 bits per heavy atom. The van der Waals surface area contributed by atoms with Crippen molar-refractivity contribution in [2.24, 2.45) is 10.7 Å². The Balaban J connectivity index is 1.51. The molecule has 0 radical (unpaired) electrons. The van der Waals surface area contributed by atoms with Gasteiger partial charge in [-0.1, -0.05) is 30.3 Å². The normalized spacial score (nSPS) is 16.5. The molecule has 0 aliphatic heterocycles. The van der Waals surface area contributed by atoms with Crippen LogP contribution in [-0.4, -0.2) is 33.3 Å². The molecule has 5 nitrogen and oxygen atoms in total. The molecule has 0 spiro atoms. The van der Waals surface area contributed by atoms with Crippen molar-refractivity contribution in [3.63, 3.8) is 0 Å². The summed E-state index contributed by atoms with van der Waals surface area (Å²) in [5.74, 6) is 2.47. The van der Waals surface area contributed by atoms with Gasteiger partial charge >= 0.3 is 0 Å². The molecule has 1 aliphatic rings. The number of nitrogens with two attached hydrogens (primary N) is 1. The van der Waals surface area contributed by atoms with Crippen LogP contribution in [0.15, 0.2) is 47.5 Å². The molecule has 3 rings (SSSR count). The van der Waals surface area contributed by atoms with Gasteiger partial charge in [0.1, 0.15) is 0 Å². The second-order valence-electron chi connectivity index (χ2n) is 6.88. The number of benzene rings is 2. The molecule has 2 aromatic carbocycles. The third-order valence-corrected chi connectivity index (χ3v) is 5.14. The van der Waals surface area contributed by atoms with E-state index in [0.29, 0.717) is 11.9 Å². The third kappa shape index (κ3) is 4.94. The average Bonchev–Trinajstić information content (AvgIpc) is 2.72. The molecular formula is C22H29N3O2. The Kier molecular flexibility index (Phi) is 6.58. The average molecular weight is 367 g/mol. The lowest BCUT2D eigenvalue weighted by Gasteiger charge is -2.24. The quantitative estimate of drug-likeness (QED) is 0.582. The number of rotatable bonds is 7. The Morgan fingerprint density at radius 2 is 1.96 bits per heavy atom. The van der Waals surface area contributed by atoms with Gasteiger partial charge in [-0.3, -0.25) is 4.99 Å². The predicted molar refractivity (Wildman–Crippen MR) is 110 cm³/mol. The van der Waals surface area contributed by atoms with Crippen LogP contribution in [0.1, 0.15) is 35.4 Å². The molecule has 3 N–H and O–H groups in total. The molecule has 144 valence electrons. The molecule has 5 heteroatoms. The van der Waals surface area contributed by atoms with Crippen molar-refractivity contribution >= 4 is 5.96 Å². The summed E-state index contributed by atoms with van der Waals surface area (Å²) in [4.78, 5) is 4.58. The van der Waals surface area contributed by atoms with Gasteiger partial charge in [0.25, 0.3) is 0 Å². The molecule has 0 saturated heterocycles. The van der Waals surface area contributed by atoms with Crippen LogP contribution < -0.4 is 20.5 Å². The SMILES string of the molecule is COc1ccc(CCNC(N)=NCC2CCCc3ccccc32)cc1OC. The van der Waals surface area contributed by atoms with Gasteiger partial charge in [0, 0.05) is 19.0 Å². The Bertz CT molecular complexity index is 789. The Labute approximate surface area is 161 Å². The van der Waals surface area contributed by atoms with Gasteiger partial charge in [-0.05, 0) is 54.5 Å². The maximum Gasteiger partial charge on any atom is 0.188 e. The van der Waals surface area contributed by atoms with Gasteiger partial charge in [-0.25, -0.2) is 0 Å².